The van der Waals surface area contributed by atoms with Gasteiger partial charge < -0.3 is 4.74 Å². The third-order valence-corrected chi connectivity index (χ3v) is 2.52. The number of halogens is 1. The van der Waals surface area contributed by atoms with Crippen LogP contribution >= 0.6 is 22.9 Å². The van der Waals surface area contributed by atoms with Gasteiger partial charge in [-0.05, 0) is 0 Å². The van der Waals surface area contributed by atoms with Gasteiger partial charge in [0.15, 0.2) is 4.47 Å². The first-order valence-corrected chi connectivity index (χ1v) is 4.45. The third-order valence-electron chi connectivity index (χ3n) is 1.43. The van der Waals surface area contributed by atoms with Crippen LogP contribution in [0.2, 0.25) is 4.47 Å². The van der Waals surface area contributed by atoms with Gasteiger partial charge in [0, 0.05) is 6.07 Å². The van der Waals surface area contributed by atoms with E-state index in [0.717, 1.165) is 10.3 Å². The molecule has 0 unspecified atom stereocenters. The van der Waals surface area contributed by atoms with E-state index in [2.05, 4.69) is 9.97 Å². The fourth-order valence-corrected chi connectivity index (χ4v) is 1.82. The molecule has 5 heteroatoms. The molecule has 2 aromatic rings. The largest absolute Gasteiger partial charge is 0.495 e. The van der Waals surface area contributed by atoms with Crippen molar-refractivity contribution in [1.29, 1.82) is 0 Å². The Morgan fingerprint density at radius 2 is 2.42 bits per heavy atom. The summed E-state index contributed by atoms with van der Waals surface area (Å²) in [5, 5.41) is 0. The summed E-state index contributed by atoms with van der Waals surface area (Å²) in [6.45, 7) is 0. The summed E-state index contributed by atoms with van der Waals surface area (Å²) in [5.41, 5.74) is 0.782. The molecule has 0 aliphatic carbocycles. The highest BCUT2D eigenvalue weighted by Gasteiger charge is 2.03. The maximum atomic E-state index is 5.71. The zero-order valence-corrected chi connectivity index (χ0v) is 7.82. The van der Waals surface area contributed by atoms with E-state index in [1.54, 1.807) is 13.3 Å². The second-order valence-corrected chi connectivity index (χ2v) is 3.73. The van der Waals surface area contributed by atoms with E-state index in [0.29, 0.717) is 10.2 Å². The van der Waals surface area contributed by atoms with Gasteiger partial charge in [-0.3, -0.25) is 0 Å². The molecule has 0 saturated heterocycles. The second-order valence-electron chi connectivity index (χ2n) is 2.17. The van der Waals surface area contributed by atoms with Crippen molar-refractivity contribution in [2.45, 2.75) is 0 Å². The van der Waals surface area contributed by atoms with Crippen LogP contribution in [0.15, 0.2) is 12.3 Å². The van der Waals surface area contributed by atoms with Crippen LogP contribution in [0.4, 0.5) is 0 Å². The number of methoxy groups -OCH3 is 1. The molecule has 0 bridgehead atoms. The molecule has 0 aliphatic heterocycles. The molecule has 0 atom stereocenters. The molecule has 0 fully saturated rings. The van der Waals surface area contributed by atoms with Crippen LogP contribution in [0, 0.1) is 0 Å². The summed E-state index contributed by atoms with van der Waals surface area (Å²) in [4.78, 5) is 9.02. The normalized spacial score (nSPS) is 10.5. The maximum absolute atomic E-state index is 5.71. The number of fused-ring (bicyclic) bond motifs is 1. The first-order chi connectivity index (χ1) is 5.79. The maximum Gasteiger partial charge on any atom is 0.186 e. The molecule has 2 rings (SSSR count). The number of nitrogens with zero attached hydrogens (tertiary/aromatic N) is 2. The number of pyridine rings is 1. The lowest BCUT2D eigenvalue weighted by Crippen LogP contribution is -1.83. The monoisotopic (exact) mass is 200 g/mol. The van der Waals surface area contributed by atoms with Gasteiger partial charge in [0.05, 0.1) is 13.3 Å². The van der Waals surface area contributed by atoms with Crippen LogP contribution in [-0.4, -0.2) is 17.1 Å². The number of rotatable bonds is 1. The van der Waals surface area contributed by atoms with Crippen molar-refractivity contribution in [3.63, 3.8) is 0 Å². The molecule has 12 heavy (non-hydrogen) atoms. The van der Waals surface area contributed by atoms with E-state index in [-0.39, 0.29) is 0 Å². The summed E-state index contributed by atoms with van der Waals surface area (Å²) >= 11 is 7.06. The van der Waals surface area contributed by atoms with E-state index < -0.39 is 0 Å². The summed E-state index contributed by atoms with van der Waals surface area (Å²) in [5.74, 6) is 0.699. The second kappa shape index (κ2) is 2.88. The van der Waals surface area contributed by atoms with E-state index in [1.165, 1.54) is 11.3 Å². The Balaban J connectivity index is 2.66. The minimum Gasteiger partial charge on any atom is -0.495 e. The predicted octanol–water partition coefficient (Wildman–Crippen LogP) is 2.35. The van der Waals surface area contributed by atoms with Crippen molar-refractivity contribution in [3.8, 4) is 5.75 Å². The van der Waals surface area contributed by atoms with Gasteiger partial charge in [0.2, 0.25) is 0 Å². The average Bonchev–Trinajstić information content (AvgIpc) is 2.43. The number of ether oxygens (including phenoxy) is 1. The molecule has 2 heterocycles. The van der Waals surface area contributed by atoms with E-state index in [4.69, 9.17) is 16.3 Å². The fraction of sp³-hybridized carbons (Fsp3) is 0.143. The summed E-state index contributed by atoms with van der Waals surface area (Å²) in [6.07, 6.45) is 1.65. The molecule has 62 valence electrons. The van der Waals surface area contributed by atoms with Crippen molar-refractivity contribution in [2.24, 2.45) is 0 Å². The zero-order valence-electron chi connectivity index (χ0n) is 6.24. The summed E-state index contributed by atoms with van der Waals surface area (Å²) in [7, 11) is 1.59. The molecule has 2 aromatic heterocycles. The SMILES string of the molecule is COc1cnc2sc(Cl)nc2c1. The molecule has 0 amide bonds. The van der Waals surface area contributed by atoms with Crippen molar-refractivity contribution in [2.75, 3.05) is 7.11 Å². The highest BCUT2D eigenvalue weighted by Crippen LogP contribution is 2.25. The highest BCUT2D eigenvalue weighted by molar-refractivity contribution is 7.21. The third kappa shape index (κ3) is 1.23. The van der Waals surface area contributed by atoms with E-state index >= 15 is 0 Å². The van der Waals surface area contributed by atoms with Gasteiger partial charge in [-0.2, -0.15) is 0 Å². The Hall–Kier alpha value is -0.870. The average molecular weight is 201 g/mol. The standard InChI is InChI=1S/C7H5ClN2OS/c1-11-4-2-5-6(9-3-4)12-7(8)10-5/h2-3H,1H3. The number of hydrogen-bond acceptors (Lipinski definition) is 4. The van der Waals surface area contributed by atoms with Crippen LogP contribution in [-0.2, 0) is 0 Å². The van der Waals surface area contributed by atoms with Crippen LogP contribution in [0.1, 0.15) is 0 Å². The number of hydrogen-bond donors (Lipinski definition) is 0. The van der Waals surface area contributed by atoms with Crippen LogP contribution in [0.5, 0.6) is 5.75 Å². The summed E-state index contributed by atoms with van der Waals surface area (Å²) < 4.78 is 5.50. The Labute approximate surface area is 78.0 Å². The number of thiazole rings is 1. The van der Waals surface area contributed by atoms with Crippen LogP contribution in [0.25, 0.3) is 10.3 Å². The van der Waals surface area contributed by atoms with Crippen LogP contribution in [0.3, 0.4) is 0 Å². The minimum atomic E-state index is 0.505. The Kier molecular flexibility index (Phi) is 1.86. The van der Waals surface area contributed by atoms with E-state index in [9.17, 15) is 0 Å². The Bertz CT molecular complexity index is 415. The topological polar surface area (TPSA) is 35.0 Å². The smallest absolute Gasteiger partial charge is 0.186 e. The minimum absolute atomic E-state index is 0.505. The van der Waals surface area contributed by atoms with Crippen molar-refractivity contribution in [1.82, 2.24) is 9.97 Å². The highest BCUT2D eigenvalue weighted by atomic mass is 35.5. The molecule has 0 N–H and O–H groups in total. The van der Waals surface area contributed by atoms with Gasteiger partial charge >= 0.3 is 0 Å². The molecule has 0 saturated carbocycles. The molecule has 0 aliphatic rings. The van der Waals surface area contributed by atoms with Crippen molar-refractivity contribution in [3.05, 3.63) is 16.7 Å². The lowest BCUT2D eigenvalue weighted by Gasteiger charge is -1.95. The summed E-state index contributed by atoms with van der Waals surface area (Å²) in [6, 6.07) is 1.81. The van der Waals surface area contributed by atoms with Gasteiger partial charge in [-0.25, -0.2) is 9.97 Å². The molecule has 0 radical (unpaired) electrons. The Morgan fingerprint density at radius 3 is 3.17 bits per heavy atom. The van der Waals surface area contributed by atoms with Gasteiger partial charge in [-0.1, -0.05) is 22.9 Å². The van der Waals surface area contributed by atoms with Crippen LogP contribution < -0.4 is 4.74 Å². The molecule has 0 aromatic carbocycles. The predicted molar refractivity (Wildman–Crippen MR) is 49.0 cm³/mol. The molecular formula is C7H5ClN2OS. The first kappa shape index (κ1) is 7.76. The van der Waals surface area contributed by atoms with Gasteiger partial charge in [-0.15, -0.1) is 0 Å². The molecular weight excluding hydrogens is 196 g/mol. The number of aromatic nitrogens is 2. The lowest BCUT2D eigenvalue weighted by molar-refractivity contribution is 0.413. The van der Waals surface area contributed by atoms with Gasteiger partial charge in [0.25, 0.3) is 0 Å². The van der Waals surface area contributed by atoms with E-state index in [1.807, 2.05) is 6.07 Å². The van der Waals surface area contributed by atoms with Gasteiger partial charge in [0.1, 0.15) is 16.1 Å². The lowest BCUT2D eigenvalue weighted by atomic mass is 10.4. The Morgan fingerprint density at radius 1 is 1.58 bits per heavy atom. The first-order valence-electron chi connectivity index (χ1n) is 3.25. The van der Waals surface area contributed by atoms with Crippen molar-refractivity contribution >= 4 is 33.3 Å². The fourth-order valence-electron chi connectivity index (χ4n) is 0.890. The molecule has 3 nitrogen and oxygen atoms in total. The molecule has 0 spiro atoms. The zero-order chi connectivity index (χ0) is 8.55. The quantitative estimate of drug-likeness (QED) is 0.709. The van der Waals surface area contributed by atoms with Crippen molar-refractivity contribution < 1.29 is 4.74 Å².